The maximum atomic E-state index is 12.5. The van der Waals surface area contributed by atoms with Gasteiger partial charge in [-0.25, -0.2) is 12.7 Å². The van der Waals surface area contributed by atoms with Crippen LogP contribution in [0.25, 0.3) is 0 Å². The third kappa shape index (κ3) is 3.71. The highest BCUT2D eigenvalue weighted by atomic mass is 32.2. The van der Waals surface area contributed by atoms with Gasteiger partial charge in [0.1, 0.15) is 0 Å². The van der Waals surface area contributed by atoms with E-state index in [2.05, 4.69) is 4.90 Å². The molecule has 0 radical (unpaired) electrons. The van der Waals surface area contributed by atoms with Crippen molar-refractivity contribution < 1.29 is 8.42 Å². The van der Waals surface area contributed by atoms with Crippen LogP contribution in [0.3, 0.4) is 0 Å². The van der Waals surface area contributed by atoms with E-state index < -0.39 is 10.0 Å². The lowest BCUT2D eigenvalue weighted by Crippen LogP contribution is -2.47. The van der Waals surface area contributed by atoms with Crippen molar-refractivity contribution in [3.8, 4) is 0 Å². The molecule has 1 aliphatic heterocycles. The smallest absolute Gasteiger partial charge is 0.218 e. The Labute approximate surface area is 121 Å². The summed E-state index contributed by atoms with van der Waals surface area (Å²) in [5, 5.41) is 0. The van der Waals surface area contributed by atoms with Gasteiger partial charge in [0.2, 0.25) is 10.0 Å². The normalized spacial score (nSPS) is 21.2. The first kappa shape index (κ1) is 15.3. The molecule has 1 heterocycles. The summed E-state index contributed by atoms with van der Waals surface area (Å²) in [7, 11) is 0.416. The Morgan fingerprint density at radius 1 is 1.45 bits per heavy atom. The SMILES string of the molecule is CN1CCCC(N(C)S(=O)(=O)Cc2cccc(N)c2)C1. The standard InChI is InChI=1S/C14H23N3O2S/c1-16-8-4-7-14(10-16)17(2)20(18,19)11-12-5-3-6-13(15)9-12/h3,5-6,9,14H,4,7-8,10-11,15H2,1-2H3. The molecule has 20 heavy (non-hydrogen) atoms. The average Bonchev–Trinajstić information content (AvgIpc) is 2.37. The summed E-state index contributed by atoms with van der Waals surface area (Å²) in [4.78, 5) is 2.18. The molecule has 6 heteroatoms. The predicted octanol–water partition coefficient (Wildman–Crippen LogP) is 1.12. The summed E-state index contributed by atoms with van der Waals surface area (Å²) in [5.41, 5.74) is 7.03. The van der Waals surface area contributed by atoms with E-state index in [9.17, 15) is 8.42 Å². The number of likely N-dealkylation sites (tertiary alicyclic amines) is 1. The lowest BCUT2D eigenvalue weighted by atomic mass is 10.1. The summed E-state index contributed by atoms with van der Waals surface area (Å²) in [5.74, 6) is 0.00868. The van der Waals surface area contributed by atoms with Crippen LogP contribution < -0.4 is 5.73 Å². The second-order valence-corrected chi connectivity index (χ2v) is 7.60. The molecule has 0 spiro atoms. The van der Waals surface area contributed by atoms with Crippen molar-refractivity contribution in [2.45, 2.75) is 24.6 Å². The topological polar surface area (TPSA) is 66.6 Å². The number of likely N-dealkylation sites (N-methyl/N-ethyl adjacent to an activating group) is 2. The van der Waals surface area contributed by atoms with Gasteiger partial charge in [0.25, 0.3) is 0 Å². The number of hydrogen-bond acceptors (Lipinski definition) is 4. The minimum atomic E-state index is -3.30. The molecular weight excluding hydrogens is 274 g/mol. The molecule has 2 rings (SSSR count). The van der Waals surface area contributed by atoms with Gasteiger partial charge >= 0.3 is 0 Å². The van der Waals surface area contributed by atoms with Gasteiger partial charge < -0.3 is 10.6 Å². The fourth-order valence-electron chi connectivity index (χ4n) is 2.66. The molecule has 1 fully saturated rings. The summed E-state index contributed by atoms with van der Waals surface area (Å²) in [6, 6.07) is 7.14. The third-order valence-corrected chi connectivity index (χ3v) is 5.73. The summed E-state index contributed by atoms with van der Waals surface area (Å²) < 4.78 is 26.5. The average molecular weight is 297 g/mol. The molecule has 0 bridgehead atoms. The van der Waals surface area contributed by atoms with Crippen molar-refractivity contribution in [3.63, 3.8) is 0 Å². The van der Waals surface area contributed by atoms with E-state index in [0.29, 0.717) is 5.69 Å². The van der Waals surface area contributed by atoms with E-state index in [0.717, 1.165) is 31.5 Å². The van der Waals surface area contributed by atoms with Gasteiger partial charge in [0.15, 0.2) is 0 Å². The van der Waals surface area contributed by atoms with E-state index in [1.54, 1.807) is 31.3 Å². The number of piperidine rings is 1. The molecule has 1 aromatic rings. The highest BCUT2D eigenvalue weighted by molar-refractivity contribution is 7.88. The van der Waals surface area contributed by atoms with E-state index in [4.69, 9.17) is 5.73 Å². The van der Waals surface area contributed by atoms with Crippen LogP contribution in [0.4, 0.5) is 5.69 Å². The monoisotopic (exact) mass is 297 g/mol. The van der Waals surface area contributed by atoms with Crippen LogP contribution in [0.15, 0.2) is 24.3 Å². The van der Waals surface area contributed by atoms with Crippen LogP contribution in [-0.4, -0.2) is 50.8 Å². The van der Waals surface area contributed by atoms with Gasteiger partial charge in [-0.3, -0.25) is 0 Å². The van der Waals surface area contributed by atoms with Crippen molar-refractivity contribution in [2.24, 2.45) is 0 Å². The van der Waals surface area contributed by atoms with Gasteiger partial charge in [-0.2, -0.15) is 0 Å². The minimum Gasteiger partial charge on any atom is -0.399 e. The molecule has 1 unspecified atom stereocenters. The number of sulfonamides is 1. The zero-order valence-electron chi connectivity index (χ0n) is 12.1. The quantitative estimate of drug-likeness (QED) is 0.846. The Kier molecular flexibility index (Phi) is 4.67. The Balaban J connectivity index is 2.09. The van der Waals surface area contributed by atoms with Crippen molar-refractivity contribution in [3.05, 3.63) is 29.8 Å². The largest absolute Gasteiger partial charge is 0.399 e. The van der Waals surface area contributed by atoms with Crippen molar-refractivity contribution >= 4 is 15.7 Å². The second kappa shape index (κ2) is 6.11. The Morgan fingerprint density at radius 2 is 2.20 bits per heavy atom. The highest BCUT2D eigenvalue weighted by Crippen LogP contribution is 2.19. The molecule has 112 valence electrons. The lowest BCUT2D eigenvalue weighted by Gasteiger charge is -2.35. The highest BCUT2D eigenvalue weighted by Gasteiger charge is 2.29. The van der Waals surface area contributed by atoms with Crippen LogP contribution in [0, 0.1) is 0 Å². The third-order valence-electron chi connectivity index (χ3n) is 3.85. The molecule has 1 aromatic carbocycles. The van der Waals surface area contributed by atoms with Crippen LogP contribution in [0.1, 0.15) is 18.4 Å². The number of nitrogens with two attached hydrogens (primary N) is 1. The number of nitrogens with zero attached hydrogens (tertiary/aromatic N) is 2. The molecule has 1 saturated heterocycles. The Bertz CT molecular complexity index is 559. The molecule has 0 aromatic heterocycles. The van der Waals surface area contributed by atoms with E-state index in [1.807, 2.05) is 7.05 Å². The zero-order chi connectivity index (χ0) is 14.8. The van der Waals surface area contributed by atoms with Crippen LogP contribution in [-0.2, 0) is 15.8 Å². The summed E-state index contributed by atoms with van der Waals surface area (Å²) in [6.07, 6.45) is 1.97. The minimum absolute atomic E-state index is 0.00868. The van der Waals surface area contributed by atoms with Crippen molar-refractivity contribution in [1.29, 1.82) is 0 Å². The first-order valence-corrected chi connectivity index (χ1v) is 8.48. The zero-order valence-corrected chi connectivity index (χ0v) is 12.9. The van der Waals surface area contributed by atoms with Crippen LogP contribution in [0.2, 0.25) is 0 Å². The number of hydrogen-bond donors (Lipinski definition) is 1. The molecule has 0 saturated carbocycles. The number of rotatable bonds is 4. The lowest BCUT2D eigenvalue weighted by molar-refractivity contribution is 0.187. The number of anilines is 1. The molecular formula is C14H23N3O2S. The Morgan fingerprint density at radius 3 is 2.85 bits per heavy atom. The van der Waals surface area contributed by atoms with Crippen molar-refractivity contribution in [1.82, 2.24) is 9.21 Å². The van der Waals surface area contributed by atoms with Gasteiger partial charge in [-0.15, -0.1) is 0 Å². The van der Waals surface area contributed by atoms with Gasteiger partial charge in [-0.1, -0.05) is 12.1 Å². The van der Waals surface area contributed by atoms with E-state index in [-0.39, 0.29) is 11.8 Å². The van der Waals surface area contributed by atoms with E-state index in [1.165, 1.54) is 4.31 Å². The first-order valence-electron chi connectivity index (χ1n) is 6.87. The van der Waals surface area contributed by atoms with Gasteiger partial charge in [-0.05, 0) is 44.1 Å². The number of nitrogen functional groups attached to an aromatic ring is 1. The molecule has 0 amide bonds. The van der Waals surface area contributed by atoms with Crippen molar-refractivity contribution in [2.75, 3.05) is 32.9 Å². The Hall–Kier alpha value is -1.11. The molecule has 0 aliphatic carbocycles. The van der Waals surface area contributed by atoms with Gasteiger partial charge in [0.05, 0.1) is 5.75 Å². The fourth-order valence-corrected chi connectivity index (χ4v) is 4.09. The second-order valence-electron chi connectivity index (χ2n) is 5.58. The molecule has 2 N–H and O–H groups in total. The van der Waals surface area contributed by atoms with Crippen LogP contribution in [0.5, 0.6) is 0 Å². The van der Waals surface area contributed by atoms with Gasteiger partial charge in [0, 0.05) is 25.3 Å². The maximum Gasteiger partial charge on any atom is 0.218 e. The molecule has 1 aliphatic rings. The van der Waals surface area contributed by atoms with E-state index >= 15 is 0 Å². The predicted molar refractivity (Wildman–Crippen MR) is 81.8 cm³/mol. The molecule has 1 atom stereocenters. The first-order chi connectivity index (χ1) is 9.38. The molecule has 5 nitrogen and oxygen atoms in total. The van der Waals surface area contributed by atoms with Crippen LogP contribution >= 0.6 is 0 Å². The fraction of sp³-hybridized carbons (Fsp3) is 0.571. The summed E-state index contributed by atoms with van der Waals surface area (Å²) >= 11 is 0. The number of benzene rings is 1. The maximum absolute atomic E-state index is 12.5. The summed E-state index contributed by atoms with van der Waals surface area (Å²) in [6.45, 7) is 1.84.